The van der Waals surface area contributed by atoms with Crippen LogP contribution in [0.25, 0.3) is 0 Å². The first-order valence-corrected chi connectivity index (χ1v) is 2.62. The second-order valence-corrected chi connectivity index (χ2v) is 1.38. The number of thiol groups is 1. The zero-order chi connectivity index (χ0) is 5.54. The van der Waals surface area contributed by atoms with Gasteiger partial charge in [-0.2, -0.15) is 12.6 Å². The molecule has 0 amide bonds. The van der Waals surface area contributed by atoms with Gasteiger partial charge in [-0.05, 0) is 12.1 Å². The van der Waals surface area contributed by atoms with Crippen LogP contribution >= 0.6 is 12.6 Å². The third-order valence-electron chi connectivity index (χ3n) is 0.411. The standard InChI is InChI=1S/C3H7BNOS/c5-3-6-4-1-2-7/h3,5,7H,1-2H2. The lowest BCUT2D eigenvalue weighted by Gasteiger charge is -1.89. The lowest BCUT2D eigenvalue weighted by Crippen LogP contribution is -1.94. The molecule has 2 nitrogen and oxygen atoms in total. The van der Waals surface area contributed by atoms with Crippen LogP contribution in [0, 0.1) is 5.41 Å². The summed E-state index contributed by atoms with van der Waals surface area (Å²) in [6, 6.07) is 0. The highest BCUT2D eigenvalue weighted by atomic mass is 32.1. The monoisotopic (exact) mass is 116 g/mol. The van der Waals surface area contributed by atoms with Crippen LogP contribution in [0.5, 0.6) is 0 Å². The van der Waals surface area contributed by atoms with Crippen molar-refractivity contribution in [2.24, 2.45) is 0 Å². The third kappa shape index (κ3) is 5.88. The van der Waals surface area contributed by atoms with Crippen molar-refractivity contribution >= 4 is 26.5 Å². The Morgan fingerprint density at radius 3 is 3.00 bits per heavy atom. The molecular formula is C3H7BNOS. The highest BCUT2D eigenvalue weighted by Crippen LogP contribution is 1.80. The van der Waals surface area contributed by atoms with E-state index in [0.717, 1.165) is 18.5 Å². The van der Waals surface area contributed by atoms with Crippen molar-refractivity contribution < 1.29 is 4.65 Å². The van der Waals surface area contributed by atoms with E-state index >= 15 is 0 Å². The largest absolute Gasteiger partial charge is 0.556 e. The normalized spacial score (nSPS) is 7.57. The van der Waals surface area contributed by atoms with Gasteiger partial charge in [0.2, 0.25) is 0 Å². The van der Waals surface area contributed by atoms with E-state index in [-0.39, 0.29) is 0 Å². The average molecular weight is 116 g/mol. The zero-order valence-corrected chi connectivity index (χ0v) is 4.82. The van der Waals surface area contributed by atoms with Crippen molar-refractivity contribution in [3.8, 4) is 0 Å². The molecule has 4 heteroatoms. The summed E-state index contributed by atoms with van der Waals surface area (Å²) in [7, 11) is 1.54. The first-order valence-electron chi connectivity index (χ1n) is 1.98. The second kappa shape index (κ2) is 5.88. The van der Waals surface area contributed by atoms with Gasteiger partial charge in [0.25, 0.3) is 0 Å². The van der Waals surface area contributed by atoms with Crippen molar-refractivity contribution in [2.75, 3.05) is 5.75 Å². The van der Waals surface area contributed by atoms with E-state index in [1.165, 1.54) is 0 Å². The highest BCUT2D eigenvalue weighted by Gasteiger charge is 1.84. The van der Waals surface area contributed by atoms with Crippen LogP contribution in [0.1, 0.15) is 0 Å². The van der Waals surface area contributed by atoms with Gasteiger partial charge in [0.1, 0.15) is 6.40 Å². The molecule has 39 valence electrons. The predicted octanol–water partition coefficient (Wildman–Crippen LogP) is 0.577. The van der Waals surface area contributed by atoms with Crippen LogP contribution in [0.4, 0.5) is 0 Å². The number of hydrogen-bond donors (Lipinski definition) is 2. The Labute approximate surface area is 49.4 Å². The van der Waals surface area contributed by atoms with Crippen LogP contribution in [-0.4, -0.2) is 19.6 Å². The highest BCUT2D eigenvalue weighted by molar-refractivity contribution is 7.80. The van der Waals surface area contributed by atoms with Gasteiger partial charge in [0.05, 0.1) is 0 Å². The molecule has 0 aliphatic carbocycles. The van der Waals surface area contributed by atoms with E-state index in [9.17, 15) is 0 Å². The van der Waals surface area contributed by atoms with Gasteiger partial charge in [-0.15, -0.1) is 0 Å². The maximum Gasteiger partial charge on any atom is 0.371 e. The molecule has 7 heavy (non-hydrogen) atoms. The molecule has 0 spiro atoms. The molecule has 1 N–H and O–H groups in total. The fourth-order valence-corrected chi connectivity index (χ4v) is 0.274. The van der Waals surface area contributed by atoms with Crippen molar-refractivity contribution in [2.45, 2.75) is 6.32 Å². The van der Waals surface area contributed by atoms with Crippen LogP contribution in [0.15, 0.2) is 0 Å². The summed E-state index contributed by atoms with van der Waals surface area (Å²) in [5.41, 5.74) is 0. The molecule has 0 atom stereocenters. The van der Waals surface area contributed by atoms with Gasteiger partial charge < -0.3 is 4.65 Å². The SMILES string of the molecule is N=CO[B]CCS. The zero-order valence-electron chi connectivity index (χ0n) is 3.92. The van der Waals surface area contributed by atoms with Gasteiger partial charge in [-0.25, -0.2) is 0 Å². The molecule has 0 saturated heterocycles. The Bertz CT molecular complexity index is 52.2. The van der Waals surface area contributed by atoms with E-state index in [1.807, 2.05) is 0 Å². The van der Waals surface area contributed by atoms with Crippen LogP contribution in [0.3, 0.4) is 0 Å². The van der Waals surface area contributed by atoms with E-state index < -0.39 is 0 Å². The van der Waals surface area contributed by atoms with Gasteiger partial charge in [0, 0.05) is 0 Å². The summed E-state index contributed by atoms with van der Waals surface area (Å²) in [4.78, 5) is 0. The Morgan fingerprint density at radius 2 is 2.57 bits per heavy atom. The van der Waals surface area contributed by atoms with Crippen molar-refractivity contribution in [1.82, 2.24) is 0 Å². The van der Waals surface area contributed by atoms with Gasteiger partial charge in [0.15, 0.2) is 0 Å². The molecule has 0 aromatic carbocycles. The first-order chi connectivity index (χ1) is 3.41. The molecule has 0 rings (SSSR count). The van der Waals surface area contributed by atoms with E-state index in [2.05, 4.69) is 17.3 Å². The third-order valence-corrected chi connectivity index (χ3v) is 0.669. The lowest BCUT2D eigenvalue weighted by molar-refractivity contribution is 0.611. The van der Waals surface area contributed by atoms with Gasteiger partial charge in [-0.3, -0.25) is 5.41 Å². The molecule has 0 aromatic rings. The summed E-state index contributed by atoms with van der Waals surface area (Å²) in [5, 5.41) is 6.38. The summed E-state index contributed by atoms with van der Waals surface area (Å²) >= 11 is 3.91. The molecule has 0 bridgehead atoms. The predicted molar refractivity (Wildman–Crippen MR) is 34.3 cm³/mol. The van der Waals surface area contributed by atoms with Gasteiger partial charge >= 0.3 is 7.48 Å². The maximum atomic E-state index is 6.38. The average Bonchev–Trinajstić information content (AvgIpc) is 1.69. The molecule has 1 radical (unpaired) electrons. The fourth-order valence-electron chi connectivity index (χ4n) is 0.169. The topological polar surface area (TPSA) is 33.1 Å². The summed E-state index contributed by atoms with van der Waals surface area (Å²) < 4.78 is 4.44. The Hall–Kier alpha value is -0.115. The Balaban J connectivity index is 2.56. The number of hydrogen-bond acceptors (Lipinski definition) is 3. The fraction of sp³-hybridized carbons (Fsp3) is 0.667. The van der Waals surface area contributed by atoms with Crippen LogP contribution in [0.2, 0.25) is 6.32 Å². The molecule has 0 aliphatic rings. The molecule has 0 aromatic heterocycles. The smallest absolute Gasteiger partial charge is 0.371 e. The molecule has 0 heterocycles. The van der Waals surface area contributed by atoms with Crippen molar-refractivity contribution in [3.05, 3.63) is 0 Å². The molecule has 0 unspecified atom stereocenters. The molecule has 0 aliphatic heterocycles. The molecule has 0 saturated carbocycles. The second-order valence-electron chi connectivity index (χ2n) is 0.933. The minimum Gasteiger partial charge on any atom is -0.556 e. The maximum absolute atomic E-state index is 6.38. The number of rotatable bonds is 4. The van der Waals surface area contributed by atoms with Crippen molar-refractivity contribution in [3.63, 3.8) is 0 Å². The van der Waals surface area contributed by atoms with Crippen LogP contribution < -0.4 is 0 Å². The van der Waals surface area contributed by atoms with E-state index in [1.54, 1.807) is 7.48 Å². The first kappa shape index (κ1) is 6.88. The summed E-state index contributed by atoms with van der Waals surface area (Å²) in [6.07, 6.45) is 1.68. The van der Waals surface area contributed by atoms with E-state index in [0.29, 0.717) is 0 Å². The van der Waals surface area contributed by atoms with Gasteiger partial charge in [-0.1, -0.05) is 0 Å². The van der Waals surface area contributed by atoms with Crippen molar-refractivity contribution in [1.29, 1.82) is 5.41 Å². The number of nitrogens with one attached hydrogen (secondary N) is 1. The quantitative estimate of drug-likeness (QED) is 0.182. The van der Waals surface area contributed by atoms with E-state index in [4.69, 9.17) is 5.41 Å². The minimum absolute atomic E-state index is 0.772. The Kier molecular flexibility index (Phi) is 5.79. The summed E-state index contributed by atoms with van der Waals surface area (Å²) in [6.45, 7) is 0. The summed E-state index contributed by atoms with van der Waals surface area (Å²) in [5.74, 6) is 0.772. The van der Waals surface area contributed by atoms with Crippen LogP contribution in [-0.2, 0) is 4.65 Å². The lowest BCUT2D eigenvalue weighted by atomic mass is 9.98. The molecule has 0 fully saturated rings. The Morgan fingerprint density at radius 1 is 1.86 bits per heavy atom. The molecular weight excluding hydrogens is 109 g/mol. The minimum atomic E-state index is 0.772.